The molecule has 0 amide bonds. The zero-order chi connectivity index (χ0) is 13.3. The van der Waals surface area contributed by atoms with E-state index in [1.807, 2.05) is 20.8 Å². The summed E-state index contributed by atoms with van der Waals surface area (Å²) < 4.78 is 7.26. The van der Waals surface area contributed by atoms with Crippen LogP contribution in [0.4, 0.5) is 5.69 Å². The van der Waals surface area contributed by atoms with Crippen LogP contribution in [0.3, 0.4) is 0 Å². The van der Waals surface area contributed by atoms with Crippen LogP contribution < -0.4 is 10.5 Å². The molecule has 2 aromatic heterocycles. The highest BCUT2D eigenvalue weighted by molar-refractivity contribution is 6.30. The van der Waals surface area contributed by atoms with Crippen molar-refractivity contribution in [2.75, 3.05) is 5.73 Å². The third-order valence-corrected chi connectivity index (χ3v) is 2.26. The maximum atomic E-state index is 5.84. The van der Waals surface area contributed by atoms with Crippen LogP contribution in [0.15, 0.2) is 24.5 Å². The fraction of sp³-hybridized carbons (Fsp3) is 0.333. The Bertz CT molecular complexity index is 559. The number of halogens is 1. The van der Waals surface area contributed by atoms with Gasteiger partial charge in [-0.3, -0.25) is 0 Å². The van der Waals surface area contributed by atoms with Gasteiger partial charge in [0.2, 0.25) is 5.88 Å². The molecule has 0 fully saturated rings. The standard InChI is InChI=1S/C12H15ClN4O/c1-12(2,3)18-11-9(14)4-5-10(16-11)17-7-8(13)6-15-17/h4-7H,14H2,1-3H3. The quantitative estimate of drug-likeness (QED) is 0.908. The molecule has 0 aliphatic carbocycles. The van der Waals surface area contributed by atoms with Crippen molar-refractivity contribution in [2.24, 2.45) is 0 Å². The van der Waals surface area contributed by atoms with Crippen LogP contribution >= 0.6 is 11.6 Å². The fourth-order valence-electron chi connectivity index (χ4n) is 1.37. The molecule has 0 saturated heterocycles. The molecule has 18 heavy (non-hydrogen) atoms. The van der Waals surface area contributed by atoms with E-state index in [1.165, 1.54) is 0 Å². The van der Waals surface area contributed by atoms with Gasteiger partial charge in [-0.15, -0.1) is 0 Å². The van der Waals surface area contributed by atoms with Gasteiger partial charge < -0.3 is 10.5 Å². The lowest BCUT2D eigenvalue weighted by atomic mass is 10.2. The predicted molar refractivity (Wildman–Crippen MR) is 71.2 cm³/mol. The monoisotopic (exact) mass is 266 g/mol. The van der Waals surface area contributed by atoms with E-state index in [9.17, 15) is 0 Å². The molecule has 0 saturated carbocycles. The van der Waals surface area contributed by atoms with Crippen LogP contribution in [0.5, 0.6) is 5.88 Å². The smallest absolute Gasteiger partial charge is 0.239 e. The van der Waals surface area contributed by atoms with Crippen LogP contribution in [0.25, 0.3) is 5.82 Å². The van der Waals surface area contributed by atoms with E-state index >= 15 is 0 Å². The first-order valence-electron chi connectivity index (χ1n) is 5.51. The number of nitrogens with zero attached hydrogens (tertiary/aromatic N) is 3. The van der Waals surface area contributed by atoms with Gasteiger partial charge in [-0.05, 0) is 32.9 Å². The summed E-state index contributed by atoms with van der Waals surface area (Å²) in [5.74, 6) is 1.00. The number of hydrogen-bond donors (Lipinski definition) is 1. The van der Waals surface area contributed by atoms with Crippen molar-refractivity contribution in [3.05, 3.63) is 29.5 Å². The lowest BCUT2D eigenvalue weighted by Gasteiger charge is -2.21. The molecule has 6 heteroatoms. The highest BCUT2D eigenvalue weighted by Crippen LogP contribution is 2.24. The van der Waals surface area contributed by atoms with Crippen molar-refractivity contribution < 1.29 is 4.74 Å². The van der Waals surface area contributed by atoms with Gasteiger partial charge in [-0.2, -0.15) is 10.1 Å². The van der Waals surface area contributed by atoms with E-state index in [0.717, 1.165) is 0 Å². The van der Waals surface area contributed by atoms with Crippen LogP contribution in [-0.4, -0.2) is 20.4 Å². The van der Waals surface area contributed by atoms with Crippen molar-refractivity contribution in [1.29, 1.82) is 0 Å². The van der Waals surface area contributed by atoms with Crippen LogP contribution in [0.1, 0.15) is 20.8 Å². The summed E-state index contributed by atoms with van der Waals surface area (Å²) in [6, 6.07) is 3.49. The van der Waals surface area contributed by atoms with Gasteiger partial charge in [0.25, 0.3) is 0 Å². The molecule has 0 aliphatic heterocycles. The zero-order valence-corrected chi connectivity index (χ0v) is 11.3. The molecule has 0 aromatic carbocycles. The molecule has 2 aromatic rings. The Labute approximate surface area is 111 Å². The van der Waals surface area contributed by atoms with E-state index < -0.39 is 0 Å². The number of nitrogen functional groups attached to an aromatic ring is 1. The molecule has 0 radical (unpaired) electrons. The third kappa shape index (κ3) is 2.92. The van der Waals surface area contributed by atoms with Crippen LogP contribution in [0, 0.1) is 0 Å². The van der Waals surface area contributed by atoms with Gasteiger partial charge in [0.15, 0.2) is 5.82 Å². The molecule has 2 N–H and O–H groups in total. The van der Waals surface area contributed by atoms with Crippen molar-refractivity contribution in [3.8, 4) is 11.7 Å². The van der Waals surface area contributed by atoms with Crippen LogP contribution in [-0.2, 0) is 0 Å². The van der Waals surface area contributed by atoms with Crippen LogP contribution in [0.2, 0.25) is 5.02 Å². The number of nitrogens with two attached hydrogens (primary N) is 1. The molecule has 96 valence electrons. The molecule has 0 atom stereocenters. The summed E-state index contributed by atoms with van der Waals surface area (Å²) in [5.41, 5.74) is 5.97. The van der Waals surface area contributed by atoms with Gasteiger partial charge in [0.1, 0.15) is 5.60 Å². The number of ether oxygens (including phenoxy) is 1. The molecular formula is C12H15ClN4O. The van der Waals surface area contributed by atoms with E-state index in [0.29, 0.717) is 22.4 Å². The second-order valence-electron chi connectivity index (χ2n) is 4.88. The number of pyridine rings is 1. The highest BCUT2D eigenvalue weighted by atomic mass is 35.5. The largest absolute Gasteiger partial charge is 0.470 e. The minimum Gasteiger partial charge on any atom is -0.470 e. The van der Waals surface area contributed by atoms with Gasteiger partial charge in [-0.25, -0.2) is 4.68 Å². The third-order valence-electron chi connectivity index (χ3n) is 2.06. The zero-order valence-electron chi connectivity index (χ0n) is 10.5. The summed E-state index contributed by atoms with van der Waals surface area (Å²) in [6.07, 6.45) is 3.21. The second-order valence-corrected chi connectivity index (χ2v) is 5.32. The van der Waals surface area contributed by atoms with Gasteiger partial charge >= 0.3 is 0 Å². The van der Waals surface area contributed by atoms with E-state index in [2.05, 4.69) is 10.1 Å². The topological polar surface area (TPSA) is 66.0 Å². The normalized spacial score (nSPS) is 11.6. The van der Waals surface area contributed by atoms with Crippen molar-refractivity contribution in [1.82, 2.24) is 14.8 Å². The highest BCUT2D eigenvalue weighted by Gasteiger charge is 2.16. The van der Waals surface area contributed by atoms with Crippen molar-refractivity contribution >= 4 is 17.3 Å². The first-order chi connectivity index (χ1) is 8.35. The van der Waals surface area contributed by atoms with E-state index in [-0.39, 0.29) is 5.60 Å². The Morgan fingerprint density at radius 3 is 2.61 bits per heavy atom. The Balaban J connectivity index is 2.37. The lowest BCUT2D eigenvalue weighted by Crippen LogP contribution is -2.24. The number of hydrogen-bond acceptors (Lipinski definition) is 4. The second kappa shape index (κ2) is 4.49. The first kappa shape index (κ1) is 12.7. The van der Waals surface area contributed by atoms with E-state index in [4.69, 9.17) is 22.1 Å². The van der Waals surface area contributed by atoms with Gasteiger partial charge in [0.05, 0.1) is 23.1 Å². The Hall–Kier alpha value is -1.75. The number of rotatable bonds is 2. The summed E-state index contributed by atoms with van der Waals surface area (Å²) in [7, 11) is 0. The molecule has 2 rings (SSSR count). The summed E-state index contributed by atoms with van der Waals surface area (Å²) in [4.78, 5) is 4.34. The SMILES string of the molecule is CC(C)(C)Oc1nc(-n2cc(Cl)cn2)ccc1N. The van der Waals surface area contributed by atoms with Crippen molar-refractivity contribution in [2.45, 2.75) is 26.4 Å². The summed E-state index contributed by atoms with van der Waals surface area (Å²) >= 11 is 5.82. The molecule has 0 bridgehead atoms. The van der Waals surface area contributed by atoms with Gasteiger partial charge in [0, 0.05) is 0 Å². The van der Waals surface area contributed by atoms with Gasteiger partial charge in [-0.1, -0.05) is 11.6 Å². The predicted octanol–water partition coefficient (Wildman–Crippen LogP) is 2.68. The number of aromatic nitrogens is 3. The summed E-state index contributed by atoms with van der Waals surface area (Å²) in [6.45, 7) is 5.81. The lowest BCUT2D eigenvalue weighted by molar-refractivity contribution is 0.125. The Kier molecular flexibility index (Phi) is 3.17. The molecule has 0 aliphatic rings. The average Bonchev–Trinajstić information content (AvgIpc) is 2.66. The molecule has 0 unspecified atom stereocenters. The Morgan fingerprint density at radius 2 is 2.06 bits per heavy atom. The molecule has 5 nitrogen and oxygen atoms in total. The fourth-order valence-corrected chi connectivity index (χ4v) is 1.50. The maximum Gasteiger partial charge on any atom is 0.239 e. The minimum absolute atomic E-state index is 0.360. The maximum absolute atomic E-state index is 5.84. The molecular weight excluding hydrogens is 252 g/mol. The Morgan fingerprint density at radius 1 is 1.33 bits per heavy atom. The summed E-state index contributed by atoms with van der Waals surface area (Å²) in [5, 5.41) is 4.63. The average molecular weight is 267 g/mol. The molecule has 2 heterocycles. The van der Waals surface area contributed by atoms with E-state index in [1.54, 1.807) is 29.2 Å². The van der Waals surface area contributed by atoms with Crippen molar-refractivity contribution in [3.63, 3.8) is 0 Å². The minimum atomic E-state index is -0.360. The number of anilines is 1. The molecule has 0 spiro atoms. The first-order valence-corrected chi connectivity index (χ1v) is 5.89.